The summed E-state index contributed by atoms with van der Waals surface area (Å²) in [6.45, 7) is 0. The second-order valence-electron chi connectivity index (χ2n) is 5.76. The normalized spacial score (nSPS) is 13.7. The maximum atomic E-state index is 14.2. The standard InChI is InChI=1S/C18H18F2N2O4/c19-18(20,15(23)14(21)10-11-4-2-1-3-5-11)17(26)22-13-8-6-12(7-9-13)16(24)25/h1-9,14-15,23H,10,21H2,(H,22,26)(H,24,25). The molecule has 0 aliphatic heterocycles. The Kier molecular flexibility index (Phi) is 6.01. The number of carbonyl (C=O) groups excluding carboxylic acids is 1. The minimum atomic E-state index is -4.13. The van der Waals surface area contributed by atoms with Crippen molar-refractivity contribution in [2.24, 2.45) is 5.73 Å². The molecule has 0 aromatic heterocycles. The molecular weight excluding hydrogens is 346 g/mol. The van der Waals surface area contributed by atoms with Gasteiger partial charge in [-0.1, -0.05) is 30.3 Å². The molecule has 0 spiro atoms. The third-order valence-electron chi connectivity index (χ3n) is 3.78. The number of carbonyl (C=O) groups is 2. The van der Waals surface area contributed by atoms with Crippen LogP contribution >= 0.6 is 0 Å². The molecule has 0 radical (unpaired) electrons. The van der Waals surface area contributed by atoms with E-state index in [0.29, 0.717) is 5.56 Å². The molecule has 2 rings (SSSR count). The van der Waals surface area contributed by atoms with Gasteiger partial charge in [-0.2, -0.15) is 8.78 Å². The van der Waals surface area contributed by atoms with Crippen LogP contribution in [0.5, 0.6) is 0 Å². The lowest BCUT2D eigenvalue weighted by Gasteiger charge is -2.26. The Morgan fingerprint density at radius 3 is 2.19 bits per heavy atom. The Morgan fingerprint density at radius 2 is 1.65 bits per heavy atom. The number of carboxylic acids is 1. The molecule has 1 amide bonds. The monoisotopic (exact) mass is 364 g/mol. The van der Waals surface area contributed by atoms with Crippen molar-refractivity contribution in [3.63, 3.8) is 0 Å². The van der Waals surface area contributed by atoms with Gasteiger partial charge in [-0.15, -0.1) is 0 Å². The fourth-order valence-electron chi connectivity index (χ4n) is 2.31. The van der Waals surface area contributed by atoms with E-state index in [1.807, 2.05) is 5.32 Å². The molecule has 2 atom stereocenters. The molecule has 0 saturated carbocycles. The van der Waals surface area contributed by atoms with Crippen molar-refractivity contribution in [2.45, 2.75) is 24.5 Å². The highest BCUT2D eigenvalue weighted by Gasteiger charge is 2.49. The van der Waals surface area contributed by atoms with Crippen LogP contribution in [0.4, 0.5) is 14.5 Å². The minimum Gasteiger partial charge on any atom is -0.478 e. The zero-order chi connectivity index (χ0) is 19.3. The number of hydrogen-bond acceptors (Lipinski definition) is 4. The number of aliphatic hydroxyl groups excluding tert-OH is 1. The van der Waals surface area contributed by atoms with E-state index >= 15 is 0 Å². The van der Waals surface area contributed by atoms with E-state index < -0.39 is 29.9 Å². The SMILES string of the molecule is NC(Cc1ccccc1)C(O)C(F)(F)C(=O)Nc1ccc(C(=O)O)cc1. The number of nitrogens with one attached hydrogen (secondary N) is 1. The van der Waals surface area contributed by atoms with Crippen LogP contribution in [0.25, 0.3) is 0 Å². The van der Waals surface area contributed by atoms with Gasteiger partial charge in [-0.05, 0) is 36.2 Å². The number of benzene rings is 2. The Labute approximate surface area is 148 Å². The fourth-order valence-corrected chi connectivity index (χ4v) is 2.31. The predicted molar refractivity (Wildman–Crippen MR) is 91.1 cm³/mol. The van der Waals surface area contributed by atoms with Gasteiger partial charge in [0.05, 0.1) is 5.56 Å². The molecule has 0 saturated heterocycles. The van der Waals surface area contributed by atoms with Crippen molar-refractivity contribution in [1.29, 1.82) is 0 Å². The molecule has 138 valence electrons. The molecular formula is C18H18F2N2O4. The van der Waals surface area contributed by atoms with Crippen LogP contribution < -0.4 is 11.1 Å². The van der Waals surface area contributed by atoms with Crippen LogP contribution in [0, 0.1) is 0 Å². The van der Waals surface area contributed by atoms with Crippen LogP contribution in [0.3, 0.4) is 0 Å². The molecule has 0 bridgehead atoms. The topological polar surface area (TPSA) is 113 Å². The first kappa shape index (κ1) is 19.5. The Bertz CT molecular complexity index is 767. The van der Waals surface area contributed by atoms with E-state index in [4.69, 9.17) is 10.8 Å². The van der Waals surface area contributed by atoms with Crippen molar-refractivity contribution >= 4 is 17.6 Å². The van der Waals surface area contributed by atoms with Gasteiger partial charge in [-0.3, -0.25) is 4.79 Å². The molecule has 2 aromatic carbocycles. The van der Waals surface area contributed by atoms with Crippen molar-refractivity contribution in [3.8, 4) is 0 Å². The van der Waals surface area contributed by atoms with Crippen molar-refractivity contribution < 1.29 is 28.6 Å². The summed E-state index contributed by atoms with van der Waals surface area (Å²) in [6.07, 6.45) is -2.42. The Morgan fingerprint density at radius 1 is 1.08 bits per heavy atom. The number of carboxylic acid groups (broad SMARTS) is 1. The molecule has 0 heterocycles. The van der Waals surface area contributed by atoms with Gasteiger partial charge in [0.2, 0.25) is 0 Å². The molecule has 0 fully saturated rings. The number of amides is 1. The lowest BCUT2D eigenvalue weighted by molar-refractivity contribution is -0.159. The average molecular weight is 364 g/mol. The quantitative estimate of drug-likeness (QED) is 0.599. The van der Waals surface area contributed by atoms with Crippen LogP contribution in [-0.2, 0) is 11.2 Å². The molecule has 5 N–H and O–H groups in total. The number of rotatable bonds is 7. The number of alkyl halides is 2. The third kappa shape index (κ3) is 4.62. The average Bonchev–Trinajstić information content (AvgIpc) is 2.62. The van der Waals surface area contributed by atoms with Gasteiger partial charge in [0.1, 0.15) is 6.10 Å². The van der Waals surface area contributed by atoms with E-state index in [9.17, 15) is 23.5 Å². The summed E-state index contributed by atoms with van der Waals surface area (Å²) in [4.78, 5) is 22.6. The predicted octanol–water partition coefficient (Wildman–Crippen LogP) is 1.89. The van der Waals surface area contributed by atoms with Gasteiger partial charge in [0, 0.05) is 11.7 Å². The number of halogens is 2. The summed E-state index contributed by atoms with van der Waals surface area (Å²) < 4.78 is 28.4. The van der Waals surface area contributed by atoms with Gasteiger partial charge in [-0.25, -0.2) is 4.79 Å². The van der Waals surface area contributed by atoms with Crippen LogP contribution in [0.1, 0.15) is 15.9 Å². The second kappa shape index (κ2) is 8.03. The number of aromatic carboxylic acids is 1. The number of aliphatic hydroxyl groups is 1. The van der Waals surface area contributed by atoms with E-state index in [1.165, 1.54) is 12.1 Å². The first-order valence-corrected chi connectivity index (χ1v) is 7.72. The first-order chi connectivity index (χ1) is 12.2. The number of hydrogen-bond donors (Lipinski definition) is 4. The maximum Gasteiger partial charge on any atom is 0.351 e. The Hall–Kier alpha value is -2.84. The van der Waals surface area contributed by atoms with Gasteiger partial charge in [0.25, 0.3) is 5.91 Å². The van der Waals surface area contributed by atoms with Crippen molar-refractivity contribution in [3.05, 3.63) is 65.7 Å². The number of nitrogens with two attached hydrogens (primary N) is 1. The summed E-state index contributed by atoms with van der Waals surface area (Å²) in [7, 11) is 0. The summed E-state index contributed by atoms with van der Waals surface area (Å²) in [5, 5.41) is 20.6. The number of anilines is 1. The molecule has 2 aromatic rings. The van der Waals surface area contributed by atoms with Gasteiger partial charge < -0.3 is 21.3 Å². The summed E-state index contributed by atoms with van der Waals surface area (Å²) in [5.41, 5.74) is 6.22. The lowest BCUT2D eigenvalue weighted by Crippen LogP contribution is -2.54. The van der Waals surface area contributed by atoms with Gasteiger partial charge >= 0.3 is 11.9 Å². The molecule has 0 aliphatic carbocycles. The molecule has 2 unspecified atom stereocenters. The second-order valence-corrected chi connectivity index (χ2v) is 5.76. The summed E-state index contributed by atoms with van der Waals surface area (Å²) in [5.74, 6) is -7.04. The van der Waals surface area contributed by atoms with E-state index in [-0.39, 0.29) is 17.7 Å². The maximum absolute atomic E-state index is 14.2. The van der Waals surface area contributed by atoms with Gasteiger partial charge in [0.15, 0.2) is 0 Å². The largest absolute Gasteiger partial charge is 0.478 e. The smallest absolute Gasteiger partial charge is 0.351 e. The molecule has 8 heteroatoms. The zero-order valence-corrected chi connectivity index (χ0v) is 13.6. The third-order valence-corrected chi connectivity index (χ3v) is 3.78. The van der Waals surface area contributed by atoms with Crippen LogP contribution in [0.15, 0.2) is 54.6 Å². The van der Waals surface area contributed by atoms with Crippen molar-refractivity contribution in [2.75, 3.05) is 5.32 Å². The van der Waals surface area contributed by atoms with E-state index in [0.717, 1.165) is 12.1 Å². The molecule has 0 aliphatic rings. The highest BCUT2D eigenvalue weighted by molar-refractivity contribution is 5.97. The molecule has 26 heavy (non-hydrogen) atoms. The van der Waals surface area contributed by atoms with E-state index in [2.05, 4.69) is 0 Å². The Balaban J connectivity index is 2.04. The summed E-state index contributed by atoms with van der Waals surface area (Å²) >= 11 is 0. The first-order valence-electron chi connectivity index (χ1n) is 7.72. The van der Waals surface area contributed by atoms with E-state index in [1.54, 1.807) is 30.3 Å². The highest BCUT2D eigenvalue weighted by atomic mass is 19.3. The lowest BCUT2D eigenvalue weighted by atomic mass is 9.97. The summed E-state index contributed by atoms with van der Waals surface area (Å²) in [6, 6.07) is 11.8. The highest BCUT2D eigenvalue weighted by Crippen LogP contribution is 2.24. The van der Waals surface area contributed by atoms with Crippen LogP contribution in [0.2, 0.25) is 0 Å². The van der Waals surface area contributed by atoms with Crippen LogP contribution in [-0.4, -0.2) is 40.2 Å². The minimum absolute atomic E-state index is 0.0245. The fraction of sp³-hybridized carbons (Fsp3) is 0.222. The zero-order valence-electron chi connectivity index (χ0n) is 13.6. The molecule has 6 nitrogen and oxygen atoms in total. The van der Waals surface area contributed by atoms with Crippen molar-refractivity contribution in [1.82, 2.24) is 0 Å².